The van der Waals surface area contributed by atoms with E-state index in [1.54, 1.807) is 14.2 Å². The molecule has 1 aliphatic rings. The summed E-state index contributed by atoms with van der Waals surface area (Å²) in [6.07, 6.45) is 2.37. The van der Waals surface area contributed by atoms with E-state index in [9.17, 15) is 0 Å². The van der Waals surface area contributed by atoms with Crippen molar-refractivity contribution < 1.29 is 9.47 Å². The lowest BCUT2D eigenvalue weighted by atomic mass is 10.2. The third-order valence-electron chi connectivity index (χ3n) is 2.81. The van der Waals surface area contributed by atoms with Gasteiger partial charge in [0, 0.05) is 6.04 Å². The molecule has 5 nitrogen and oxygen atoms in total. The normalized spacial score (nSPS) is 15.3. The Morgan fingerprint density at radius 2 is 2.06 bits per heavy atom. The Hall–Kier alpha value is -1.91. The second-order valence-corrected chi connectivity index (χ2v) is 4.31. The minimum atomic E-state index is 0.507. The number of nitrogens with zero attached hydrogens (tertiary/aromatic N) is 1. The number of ether oxygens (including phenoxy) is 2. The van der Waals surface area contributed by atoms with E-state index in [-0.39, 0.29) is 0 Å². The topological polar surface area (TPSA) is 68.9 Å². The number of guanidine groups is 1. The second kappa shape index (κ2) is 5.62. The molecule has 1 fully saturated rings. The van der Waals surface area contributed by atoms with E-state index in [0.29, 0.717) is 30.0 Å². The van der Waals surface area contributed by atoms with Gasteiger partial charge in [0.15, 0.2) is 17.5 Å². The van der Waals surface area contributed by atoms with Crippen molar-refractivity contribution >= 4 is 5.96 Å². The van der Waals surface area contributed by atoms with Crippen LogP contribution in [0.5, 0.6) is 11.5 Å². The van der Waals surface area contributed by atoms with Crippen molar-refractivity contribution in [1.29, 1.82) is 0 Å². The van der Waals surface area contributed by atoms with Crippen LogP contribution in [0.2, 0.25) is 0 Å². The summed E-state index contributed by atoms with van der Waals surface area (Å²) in [6, 6.07) is 6.26. The van der Waals surface area contributed by atoms with Crippen LogP contribution in [0.4, 0.5) is 0 Å². The predicted octanol–water partition coefficient (Wildman–Crippen LogP) is 1.27. The molecule has 3 N–H and O–H groups in total. The zero-order chi connectivity index (χ0) is 13.0. The summed E-state index contributed by atoms with van der Waals surface area (Å²) in [5, 5.41) is 3.15. The van der Waals surface area contributed by atoms with Crippen molar-refractivity contribution in [3.63, 3.8) is 0 Å². The van der Waals surface area contributed by atoms with Gasteiger partial charge in [0.1, 0.15) is 0 Å². The van der Waals surface area contributed by atoms with Crippen molar-refractivity contribution in [3.05, 3.63) is 23.8 Å². The zero-order valence-corrected chi connectivity index (χ0v) is 10.8. The van der Waals surface area contributed by atoms with Crippen molar-refractivity contribution in [2.24, 2.45) is 10.7 Å². The van der Waals surface area contributed by atoms with Gasteiger partial charge >= 0.3 is 0 Å². The van der Waals surface area contributed by atoms with Gasteiger partial charge in [-0.05, 0) is 30.5 Å². The van der Waals surface area contributed by atoms with Gasteiger partial charge < -0.3 is 20.5 Å². The lowest BCUT2D eigenvalue weighted by Gasteiger charge is -2.09. The molecule has 0 saturated heterocycles. The van der Waals surface area contributed by atoms with Crippen LogP contribution in [0.25, 0.3) is 0 Å². The molecule has 0 unspecified atom stereocenters. The molecule has 0 atom stereocenters. The lowest BCUT2D eigenvalue weighted by molar-refractivity contribution is 0.354. The van der Waals surface area contributed by atoms with Gasteiger partial charge in [0.25, 0.3) is 0 Å². The van der Waals surface area contributed by atoms with Crippen molar-refractivity contribution in [1.82, 2.24) is 5.32 Å². The Kier molecular flexibility index (Phi) is 3.92. The van der Waals surface area contributed by atoms with Crippen LogP contribution in [0.1, 0.15) is 18.4 Å². The summed E-state index contributed by atoms with van der Waals surface area (Å²) in [6.45, 7) is 0.534. The molecule has 0 aliphatic heterocycles. The summed E-state index contributed by atoms with van der Waals surface area (Å²) in [5.74, 6) is 1.93. The van der Waals surface area contributed by atoms with Crippen molar-refractivity contribution in [2.45, 2.75) is 25.4 Å². The molecule has 0 aromatic heterocycles. The highest BCUT2D eigenvalue weighted by Gasteiger charge is 2.21. The molecule has 98 valence electrons. The molecule has 2 rings (SSSR count). The number of aliphatic imine (C=N–C) groups is 1. The maximum absolute atomic E-state index is 5.77. The smallest absolute Gasteiger partial charge is 0.189 e. The molecule has 0 heterocycles. The maximum atomic E-state index is 5.77. The van der Waals surface area contributed by atoms with Gasteiger partial charge in [-0.15, -0.1) is 0 Å². The average molecular weight is 249 g/mol. The fraction of sp³-hybridized carbons (Fsp3) is 0.462. The largest absolute Gasteiger partial charge is 0.493 e. The van der Waals surface area contributed by atoms with E-state index in [1.807, 2.05) is 18.2 Å². The first kappa shape index (κ1) is 12.5. The molecule has 1 aromatic carbocycles. The van der Waals surface area contributed by atoms with E-state index >= 15 is 0 Å². The highest BCUT2D eigenvalue weighted by atomic mass is 16.5. The van der Waals surface area contributed by atoms with Crippen LogP contribution >= 0.6 is 0 Å². The third kappa shape index (κ3) is 3.29. The summed E-state index contributed by atoms with van der Waals surface area (Å²) in [5.41, 5.74) is 6.81. The van der Waals surface area contributed by atoms with E-state index < -0.39 is 0 Å². The zero-order valence-electron chi connectivity index (χ0n) is 10.8. The van der Waals surface area contributed by atoms with Crippen LogP contribution in [0.3, 0.4) is 0 Å². The Bertz CT molecular complexity index is 442. The van der Waals surface area contributed by atoms with Gasteiger partial charge in [-0.2, -0.15) is 0 Å². The van der Waals surface area contributed by atoms with Crippen LogP contribution in [0, 0.1) is 0 Å². The molecule has 0 spiro atoms. The van der Waals surface area contributed by atoms with Gasteiger partial charge in [0.2, 0.25) is 0 Å². The number of methoxy groups -OCH3 is 2. The minimum Gasteiger partial charge on any atom is -0.493 e. The number of nitrogens with two attached hydrogens (primary N) is 1. The fourth-order valence-corrected chi connectivity index (χ4v) is 1.64. The Morgan fingerprint density at radius 1 is 1.33 bits per heavy atom. The van der Waals surface area contributed by atoms with E-state index in [4.69, 9.17) is 15.2 Å². The first-order chi connectivity index (χ1) is 8.72. The van der Waals surface area contributed by atoms with Crippen molar-refractivity contribution in [2.75, 3.05) is 14.2 Å². The highest BCUT2D eigenvalue weighted by Crippen LogP contribution is 2.27. The molecule has 5 heteroatoms. The number of hydrogen-bond donors (Lipinski definition) is 2. The highest BCUT2D eigenvalue weighted by molar-refractivity contribution is 5.78. The number of rotatable bonds is 5. The second-order valence-electron chi connectivity index (χ2n) is 4.31. The van der Waals surface area contributed by atoms with Gasteiger partial charge in [0.05, 0.1) is 20.8 Å². The van der Waals surface area contributed by atoms with Gasteiger partial charge in [-0.3, -0.25) is 0 Å². The summed E-state index contributed by atoms with van der Waals surface area (Å²) in [7, 11) is 3.24. The molecular weight excluding hydrogens is 230 g/mol. The third-order valence-corrected chi connectivity index (χ3v) is 2.81. The molecule has 1 aliphatic carbocycles. The monoisotopic (exact) mass is 249 g/mol. The Morgan fingerprint density at radius 3 is 2.67 bits per heavy atom. The molecule has 0 bridgehead atoms. The average Bonchev–Trinajstić information content (AvgIpc) is 3.19. The first-order valence-corrected chi connectivity index (χ1v) is 6.00. The number of nitrogens with one attached hydrogen (secondary N) is 1. The van der Waals surface area contributed by atoms with Gasteiger partial charge in [-0.1, -0.05) is 6.07 Å². The predicted molar refractivity (Wildman–Crippen MR) is 71.0 cm³/mol. The van der Waals surface area contributed by atoms with E-state index in [2.05, 4.69) is 10.3 Å². The van der Waals surface area contributed by atoms with Crippen LogP contribution in [-0.2, 0) is 6.54 Å². The van der Waals surface area contributed by atoms with Crippen LogP contribution < -0.4 is 20.5 Å². The molecule has 0 radical (unpaired) electrons. The standard InChI is InChI=1S/C13H19N3O2/c1-17-11-6-3-9(7-12(11)18-2)8-15-13(14)16-10-4-5-10/h3,6-7,10H,4-5,8H2,1-2H3,(H3,14,15,16). The molecular formula is C13H19N3O2. The lowest BCUT2D eigenvalue weighted by Crippen LogP contribution is -2.33. The van der Waals surface area contributed by atoms with Gasteiger partial charge in [-0.25, -0.2) is 4.99 Å². The summed E-state index contributed by atoms with van der Waals surface area (Å²) in [4.78, 5) is 4.29. The van der Waals surface area contributed by atoms with Crippen LogP contribution in [0.15, 0.2) is 23.2 Å². The van der Waals surface area contributed by atoms with Crippen LogP contribution in [-0.4, -0.2) is 26.2 Å². The summed E-state index contributed by atoms with van der Waals surface area (Å²) < 4.78 is 10.4. The maximum Gasteiger partial charge on any atom is 0.189 e. The molecule has 0 amide bonds. The molecule has 1 saturated carbocycles. The first-order valence-electron chi connectivity index (χ1n) is 6.00. The molecule has 18 heavy (non-hydrogen) atoms. The fourth-order valence-electron chi connectivity index (χ4n) is 1.64. The Labute approximate surface area is 107 Å². The number of hydrogen-bond acceptors (Lipinski definition) is 3. The minimum absolute atomic E-state index is 0.507. The SMILES string of the molecule is COc1ccc(CN=C(N)NC2CC2)cc1OC. The van der Waals surface area contributed by atoms with E-state index in [0.717, 1.165) is 5.56 Å². The van der Waals surface area contributed by atoms with E-state index in [1.165, 1.54) is 12.8 Å². The molecule has 1 aromatic rings. The Balaban J connectivity index is 1.99. The number of benzene rings is 1. The van der Waals surface area contributed by atoms with Crippen molar-refractivity contribution in [3.8, 4) is 11.5 Å². The summed E-state index contributed by atoms with van der Waals surface area (Å²) >= 11 is 0. The quantitative estimate of drug-likeness (QED) is 0.609.